The van der Waals surface area contributed by atoms with E-state index < -0.39 is 0 Å². The van der Waals surface area contributed by atoms with Crippen molar-refractivity contribution in [2.24, 2.45) is 0 Å². The molecular formula is C18H13N5O. The highest BCUT2D eigenvalue weighted by atomic mass is 16.5. The predicted molar refractivity (Wildman–Crippen MR) is 89.3 cm³/mol. The Morgan fingerprint density at radius 2 is 2.17 bits per heavy atom. The number of ether oxygens (including phenoxy) is 1. The highest BCUT2D eigenvalue weighted by Crippen LogP contribution is 2.26. The van der Waals surface area contributed by atoms with E-state index in [-0.39, 0.29) is 6.04 Å². The summed E-state index contributed by atoms with van der Waals surface area (Å²) in [5.74, 6) is 2.65. The van der Waals surface area contributed by atoms with Crippen molar-refractivity contribution >= 4 is 11.2 Å². The molecule has 0 saturated carbocycles. The zero-order valence-corrected chi connectivity index (χ0v) is 12.7. The number of nitrogens with one attached hydrogen (secondary N) is 1. The number of aromatic nitrogens is 3. The fraction of sp³-hybridized carbons (Fsp3) is 0.167. The smallest absolute Gasteiger partial charge is 0.101 e. The average molecular weight is 315 g/mol. The molecule has 1 aliphatic heterocycles. The number of pyridine rings is 1. The van der Waals surface area contributed by atoms with Crippen molar-refractivity contribution in [2.45, 2.75) is 6.04 Å². The van der Waals surface area contributed by atoms with Crippen LogP contribution in [-0.2, 0) is 4.74 Å². The van der Waals surface area contributed by atoms with Crippen LogP contribution in [0.3, 0.4) is 0 Å². The van der Waals surface area contributed by atoms with E-state index in [1.54, 1.807) is 16.8 Å². The maximum atomic E-state index is 8.98. The van der Waals surface area contributed by atoms with E-state index >= 15 is 0 Å². The van der Waals surface area contributed by atoms with Crippen molar-refractivity contribution < 1.29 is 4.74 Å². The second kappa shape index (κ2) is 5.69. The summed E-state index contributed by atoms with van der Waals surface area (Å²) in [6.45, 7) is 1.35. The largest absolute Gasteiger partial charge is 0.377 e. The molecule has 4 heterocycles. The van der Waals surface area contributed by atoms with E-state index in [0.29, 0.717) is 24.3 Å². The summed E-state index contributed by atoms with van der Waals surface area (Å²) < 4.78 is 6.95. The number of nitriles is 1. The van der Waals surface area contributed by atoms with Gasteiger partial charge < -0.3 is 10.1 Å². The van der Waals surface area contributed by atoms with Crippen LogP contribution in [0.1, 0.15) is 11.1 Å². The van der Waals surface area contributed by atoms with Crippen molar-refractivity contribution in [2.75, 3.05) is 18.5 Å². The molecule has 0 unspecified atom stereocenters. The maximum Gasteiger partial charge on any atom is 0.101 e. The van der Waals surface area contributed by atoms with E-state index in [4.69, 9.17) is 16.4 Å². The number of hydrogen-bond acceptors (Lipinski definition) is 5. The molecule has 6 nitrogen and oxygen atoms in total. The number of fused-ring (bicyclic) bond motifs is 1. The van der Waals surface area contributed by atoms with Crippen LogP contribution in [0, 0.1) is 23.7 Å². The zero-order chi connectivity index (χ0) is 16.5. The molecular weight excluding hydrogens is 302 g/mol. The Morgan fingerprint density at radius 3 is 2.88 bits per heavy atom. The molecule has 3 aromatic heterocycles. The van der Waals surface area contributed by atoms with Gasteiger partial charge >= 0.3 is 0 Å². The van der Waals surface area contributed by atoms with E-state index in [1.165, 1.54) is 6.20 Å². The van der Waals surface area contributed by atoms with Gasteiger partial charge in [0.15, 0.2) is 0 Å². The minimum absolute atomic E-state index is 0.271. The first-order valence-electron chi connectivity index (χ1n) is 7.47. The molecule has 1 fully saturated rings. The second-order valence-corrected chi connectivity index (χ2v) is 5.55. The zero-order valence-electron chi connectivity index (χ0n) is 12.7. The summed E-state index contributed by atoms with van der Waals surface area (Å²) >= 11 is 0. The van der Waals surface area contributed by atoms with Crippen molar-refractivity contribution in [1.82, 2.24) is 14.6 Å². The Bertz CT molecular complexity index is 1000. The fourth-order valence-electron chi connectivity index (χ4n) is 2.62. The van der Waals surface area contributed by atoms with Gasteiger partial charge in [-0.15, -0.1) is 6.42 Å². The lowest BCUT2D eigenvalue weighted by molar-refractivity contribution is 0.0211. The average Bonchev–Trinajstić information content (AvgIpc) is 3.00. The number of hydrogen-bond donors (Lipinski definition) is 1. The van der Waals surface area contributed by atoms with Crippen LogP contribution in [0.5, 0.6) is 0 Å². The first-order valence-corrected chi connectivity index (χ1v) is 7.47. The van der Waals surface area contributed by atoms with Gasteiger partial charge in [0.2, 0.25) is 0 Å². The minimum atomic E-state index is 0.271. The van der Waals surface area contributed by atoms with Crippen LogP contribution in [0.2, 0.25) is 0 Å². The molecule has 3 aromatic rings. The van der Waals surface area contributed by atoms with Crippen molar-refractivity contribution in [3.63, 3.8) is 0 Å². The lowest BCUT2D eigenvalue weighted by atomic mass is 10.1. The Balaban J connectivity index is 1.77. The van der Waals surface area contributed by atoms with Gasteiger partial charge in [-0.05, 0) is 24.3 Å². The summed E-state index contributed by atoms with van der Waals surface area (Å²) in [6, 6.07) is 9.91. The number of nitrogens with zero attached hydrogens (tertiary/aromatic N) is 4. The first-order chi connectivity index (χ1) is 11.8. The molecule has 4 rings (SSSR count). The van der Waals surface area contributed by atoms with Gasteiger partial charge in [-0.1, -0.05) is 5.92 Å². The first kappa shape index (κ1) is 14.3. The summed E-state index contributed by atoms with van der Waals surface area (Å²) in [4.78, 5) is 4.46. The lowest BCUT2D eigenvalue weighted by Crippen LogP contribution is -2.40. The third kappa shape index (κ3) is 2.36. The molecule has 24 heavy (non-hydrogen) atoms. The number of terminal acetylenes is 1. The molecule has 0 atom stereocenters. The van der Waals surface area contributed by atoms with Gasteiger partial charge in [0.1, 0.15) is 6.07 Å². The van der Waals surface area contributed by atoms with Crippen molar-refractivity contribution in [3.8, 4) is 29.8 Å². The number of rotatable bonds is 3. The summed E-state index contributed by atoms with van der Waals surface area (Å²) in [5, 5.41) is 16.7. The SMILES string of the molecule is C#Cc1cnc(-c2ccc3cc(C#N)cnn23)cc1NC1COC1. The molecule has 0 bridgehead atoms. The topological polar surface area (TPSA) is 75.2 Å². The third-order valence-electron chi connectivity index (χ3n) is 3.95. The summed E-state index contributed by atoms with van der Waals surface area (Å²) in [6.07, 6.45) is 8.79. The molecule has 0 aromatic carbocycles. The van der Waals surface area contributed by atoms with Gasteiger partial charge in [-0.25, -0.2) is 4.52 Å². The van der Waals surface area contributed by atoms with Gasteiger partial charge in [0.25, 0.3) is 0 Å². The predicted octanol–water partition coefficient (Wildman–Crippen LogP) is 2.06. The van der Waals surface area contributed by atoms with E-state index in [0.717, 1.165) is 22.6 Å². The van der Waals surface area contributed by atoms with Gasteiger partial charge in [0.05, 0.1) is 59.2 Å². The highest BCUT2D eigenvalue weighted by Gasteiger charge is 2.19. The molecule has 0 spiro atoms. The Hall–Kier alpha value is -3.35. The van der Waals surface area contributed by atoms with Gasteiger partial charge in [-0.2, -0.15) is 10.4 Å². The van der Waals surface area contributed by atoms with Crippen LogP contribution in [0.4, 0.5) is 5.69 Å². The van der Waals surface area contributed by atoms with Crippen LogP contribution in [-0.4, -0.2) is 33.9 Å². The molecule has 0 aliphatic carbocycles. The van der Waals surface area contributed by atoms with Crippen LogP contribution >= 0.6 is 0 Å². The van der Waals surface area contributed by atoms with E-state index in [2.05, 4.69) is 27.4 Å². The Kier molecular flexibility index (Phi) is 3.38. The summed E-state index contributed by atoms with van der Waals surface area (Å²) in [5.41, 5.74) is 4.54. The van der Waals surface area contributed by atoms with Crippen LogP contribution < -0.4 is 5.32 Å². The maximum absolute atomic E-state index is 8.98. The highest BCUT2D eigenvalue weighted by molar-refractivity contribution is 5.70. The Labute approximate surface area is 138 Å². The fourth-order valence-corrected chi connectivity index (χ4v) is 2.62. The second-order valence-electron chi connectivity index (χ2n) is 5.55. The molecule has 0 amide bonds. The molecule has 116 valence electrons. The molecule has 6 heteroatoms. The molecule has 1 aliphatic rings. The van der Waals surface area contributed by atoms with Crippen molar-refractivity contribution in [1.29, 1.82) is 5.26 Å². The minimum Gasteiger partial charge on any atom is -0.377 e. The third-order valence-corrected chi connectivity index (χ3v) is 3.95. The van der Waals surface area contributed by atoms with E-state index in [9.17, 15) is 0 Å². The standard InChI is InChI=1S/C18H13N5O/c1-2-13-9-20-17(6-16(13)22-14-10-24-11-14)18-4-3-15-5-12(7-19)8-21-23(15)18/h1,3-6,8-9,14H,10-11H2,(H,20,22). The van der Waals surface area contributed by atoms with Crippen molar-refractivity contribution in [3.05, 3.63) is 47.8 Å². The van der Waals surface area contributed by atoms with Crippen LogP contribution in [0.25, 0.3) is 16.9 Å². The van der Waals surface area contributed by atoms with E-state index in [1.807, 2.05) is 18.2 Å². The molecule has 1 saturated heterocycles. The normalized spacial score (nSPS) is 13.9. The van der Waals surface area contributed by atoms with Crippen LogP contribution in [0.15, 0.2) is 36.7 Å². The number of anilines is 1. The summed E-state index contributed by atoms with van der Waals surface area (Å²) in [7, 11) is 0. The van der Waals surface area contributed by atoms with Gasteiger partial charge in [0, 0.05) is 6.20 Å². The lowest BCUT2D eigenvalue weighted by Gasteiger charge is -2.28. The monoisotopic (exact) mass is 315 g/mol. The van der Waals surface area contributed by atoms with Gasteiger partial charge in [-0.3, -0.25) is 4.98 Å². The Morgan fingerprint density at radius 1 is 1.29 bits per heavy atom. The molecule has 0 radical (unpaired) electrons. The molecule has 1 N–H and O–H groups in total. The quantitative estimate of drug-likeness (QED) is 0.749.